The zero-order chi connectivity index (χ0) is 15.0. The fraction of sp³-hybridized carbons (Fsp3) is 0.412. The van der Waals surface area contributed by atoms with Crippen LogP contribution in [0.25, 0.3) is 10.9 Å². The van der Waals surface area contributed by atoms with Crippen LogP contribution < -0.4 is 10.3 Å². The number of pyridine rings is 1. The van der Waals surface area contributed by atoms with Gasteiger partial charge in [-0.25, -0.2) is 0 Å². The number of carbonyl (C=O) groups is 1. The first-order valence-corrected chi connectivity index (χ1v) is 7.56. The minimum absolute atomic E-state index is 0.0106. The molecule has 0 saturated carbocycles. The summed E-state index contributed by atoms with van der Waals surface area (Å²) in [5.41, 5.74) is 3.28. The summed E-state index contributed by atoms with van der Waals surface area (Å²) in [5, 5.41) is 0.627. The van der Waals surface area contributed by atoms with E-state index in [1.807, 2.05) is 13.0 Å². The molecule has 1 fully saturated rings. The zero-order valence-corrected chi connectivity index (χ0v) is 12.6. The van der Waals surface area contributed by atoms with Crippen molar-refractivity contribution in [1.82, 2.24) is 4.98 Å². The van der Waals surface area contributed by atoms with E-state index in [0.717, 1.165) is 36.4 Å². The lowest BCUT2D eigenvalue weighted by Gasteiger charge is -2.14. The summed E-state index contributed by atoms with van der Waals surface area (Å²) >= 11 is 0. The van der Waals surface area contributed by atoms with E-state index in [-0.39, 0.29) is 11.2 Å². The molecule has 1 saturated heterocycles. The average molecular weight is 285 g/mol. The molecule has 0 bridgehead atoms. The van der Waals surface area contributed by atoms with E-state index in [2.05, 4.69) is 4.98 Å². The van der Waals surface area contributed by atoms with Crippen molar-refractivity contribution in [2.45, 2.75) is 33.2 Å². The summed E-state index contributed by atoms with van der Waals surface area (Å²) < 4.78 is 0. The molecule has 0 aliphatic carbocycles. The van der Waals surface area contributed by atoms with E-state index < -0.39 is 0 Å². The van der Waals surface area contributed by atoms with Crippen molar-refractivity contribution in [3.63, 3.8) is 0 Å². The molecule has 3 rings (SSSR count). The topological polar surface area (TPSA) is 54.4 Å². The zero-order valence-electron chi connectivity index (χ0n) is 12.6. The van der Waals surface area contributed by atoms with E-state index in [1.165, 1.54) is 24.7 Å². The van der Waals surface area contributed by atoms with Gasteiger partial charge in [0.25, 0.3) is 0 Å². The van der Waals surface area contributed by atoms with Gasteiger partial charge in [-0.15, -0.1) is 0 Å². The highest BCUT2D eigenvalue weighted by Crippen LogP contribution is 2.14. The van der Waals surface area contributed by atoms with Gasteiger partial charge in [-0.1, -0.05) is 0 Å². The number of benzene rings is 1. The first kappa shape index (κ1) is 14.0. The third kappa shape index (κ3) is 2.63. The van der Waals surface area contributed by atoms with Gasteiger partial charge in [-0.3, -0.25) is 9.59 Å². The first-order valence-electron chi connectivity index (χ1n) is 7.56. The van der Waals surface area contributed by atoms with E-state index >= 15 is 0 Å². The number of nitrogens with one attached hydrogen (secondary N) is 2. The molecule has 0 atom stereocenters. The minimum atomic E-state index is -0.0106. The van der Waals surface area contributed by atoms with Gasteiger partial charge in [0.15, 0.2) is 11.2 Å². The van der Waals surface area contributed by atoms with Gasteiger partial charge in [0, 0.05) is 35.0 Å². The van der Waals surface area contributed by atoms with Crippen LogP contribution in [-0.4, -0.2) is 23.9 Å². The fourth-order valence-electron chi connectivity index (χ4n) is 3.19. The Bertz CT molecular complexity index is 755. The standard InChI is InChI=1S/C17H20N2O2/c1-11-15(10-19-7-3-4-8-19)17(21)14-9-13(12(2)20)5-6-16(14)18-11/h5-6,9H,3-4,7-8,10H2,1-2H3,(H,18,21)/p+1. The molecule has 2 aromatic rings. The van der Waals surface area contributed by atoms with Crippen LogP contribution in [0.5, 0.6) is 0 Å². The van der Waals surface area contributed by atoms with E-state index in [0.29, 0.717) is 10.9 Å². The lowest BCUT2D eigenvalue weighted by atomic mass is 10.0. The molecule has 110 valence electrons. The molecule has 1 aromatic heterocycles. The molecule has 4 heteroatoms. The molecule has 2 heterocycles. The highest BCUT2D eigenvalue weighted by molar-refractivity contribution is 5.97. The number of carbonyl (C=O) groups excluding carboxylic acids is 1. The molecule has 0 spiro atoms. The summed E-state index contributed by atoms with van der Waals surface area (Å²) in [6.45, 7) is 6.56. The predicted octanol–water partition coefficient (Wildman–Crippen LogP) is 1.22. The number of Topliss-reactive ketones (excluding diaryl/α,β-unsaturated/α-hetero) is 1. The van der Waals surface area contributed by atoms with E-state index in [4.69, 9.17) is 0 Å². The van der Waals surface area contributed by atoms with Gasteiger partial charge in [0.05, 0.1) is 18.7 Å². The molecular weight excluding hydrogens is 264 g/mol. The number of ketones is 1. The molecule has 0 amide bonds. The predicted molar refractivity (Wildman–Crippen MR) is 82.9 cm³/mol. The van der Waals surface area contributed by atoms with Crippen molar-refractivity contribution in [2.75, 3.05) is 13.1 Å². The smallest absolute Gasteiger partial charge is 0.198 e. The number of aromatic amines is 1. The van der Waals surface area contributed by atoms with Crippen molar-refractivity contribution < 1.29 is 9.69 Å². The Kier molecular flexibility index (Phi) is 3.64. The molecule has 0 unspecified atom stereocenters. The van der Waals surface area contributed by atoms with Crippen molar-refractivity contribution in [2.24, 2.45) is 0 Å². The van der Waals surface area contributed by atoms with Gasteiger partial charge in [0.1, 0.15) is 6.54 Å². The first-order chi connectivity index (χ1) is 10.1. The third-order valence-electron chi connectivity index (χ3n) is 4.46. The summed E-state index contributed by atoms with van der Waals surface area (Å²) in [7, 11) is 0. The number of hydrogen-bond acceptors (Lipinski definition) is 2. The lowest BCUT2D eigenvalue weighted by molar-refractivity contribution is -0.901. The van der Waals surface area contributed by atoms with Gasteiger partial charge < -0.3 is 9.88 Å². The molecule has 4 nitrogen and oxygen atoms in total. The second-order valence-corrected chi connectivity index (χ2v) is 6.01. The van der Waals surface area contributed by atoms with Crippen LogP contribution in [0, 0.1) is 6.92 Å². The molecule has 2 N–H and O–H groups in total. The Morgan fingerprint density at radius 2 is 2.00 bits per heavy atom. The molecule has 1 aromatic carbocycles. The molecular formula is C17H21N2O2+. The van der Waals surface area contributed by atoms with Crippen LogP contribution in [0.1, 0.15) is 41.4 Å². The number of fused-ring (bicyclic) bond motifs is 1. The highest BCUT2D eigenvalue weighted by Gasteiger charge is 2.20. The number of aromatic nitrogens is 1. The average Bonchev–Trinajstić information content (AvgIpc) is 2.96. The van der Waals surface area contributed by atoms with E-state index in [1.54, 1.807) is 12.1 Å². The monoisotopic (exact) mass is 285 g/mol. The third-order valence-corrected chi connectivity index (χ3v) is 4.46. The Labute approximate surface area is 123 Å². The van der Waals surface area contributed by atoms with Crippen molar-refractivity contribution in [1.29, 1.82) is 0 Å². The van der Waals surface area contributed by atoms with Crippen molar-refractivity contribution in [3.05, 3.63) is 45.2 Å². The van der Waals surface area contributed by atoms with Crippen LogP contribution in [0.15, 0.2) is 23.0 Å². The molecule has 1 aliphatic rings. The van der Waals surface area contributed by atoms with Crippen LogP contribution in [-0.2, 0) is 6.54 Å². The number of aryl methyl sites for hydroxylation is 1. The van der Waals surface area contributed by atoms with Gasteiger partial charge >= 0.3 is 0 Å². The Hall–Kier alpha value is -1.94. The largest absolute Gasteiger partial charge is 0.358 e. The van der Waals surface area contributed by atoms with Crippen LogP contribution in [0.2, 0.25) is 0 Å². The quantitative estimate of drug-likeness (QED) is 0.833. The Morgan fingerprint density at radius 3 is 2.67 bits per heavy atom. The van der Waals surface area contributed by atoms with Crippen LogP contribution >= 0.6 is 0 Å². The van der Waals surface area contributed by atoms with Crippen LogP contribution in [0.3, 0.4) is 0 Å². The summed E-state index contributed by atoms with van der Waals surface area (Å²) in [4.78, 5) is 29.1. The second kappa shape index (κ2) is 5.45. The van der Waals surface area contributed by atoms with Gasteiger partial charge in [-0.2, -0.15) is 0 Å². The fourth-order valence-corrected chi connectivity index (χ4v) is 3.19. The van der Waals surface area contributed by atoms with Gasteiger partial charge in [-0.05, 0) is 32.0 Å². The highest BCUT2D eigenvalue weighted by atomic mass is 16.1. The summed E-state index contributed by atoms with van der Waals surface area (Å²) in [5.74, 6) is -0.0106. The van der Waals surface area contributed by atoms with E-state index in [9.17, 15) is 9.59 Å². The number of likely N-dealkylation sites (tertiary alicyclic amines) is 1. The maximum Gasteiger partial charge on any atom is 0.198 e. The number of rotatable bonds is 3. The lowest BCUT2D eigenvalue weighted by Crippen LogP contribution is -3.08. The Balaban J connectivity index is 2.11. The number of H-pyrrole nitrogens is 1. The van der Waals surface area contributed by atoms with Crippen molar-refractivity contribution in [3.8, 4) is 0 Å². The minimum Gasteiger partial charge on any atom is -0.358 e. The summed E-state index contributed by atoms with van der Waals surface area (Å²) in [6.07, 6.45) is 2.49. The van der Waals surface area contributed by atoms with Crippen LogP contribution in [0.4, 0.5) is 0 Å². The van der Waals surface area contributed by atoms with Crippen molar-refractivity contribution >= 4 is 16.7 Å². The molecule has 21 heavy (non-hydrogen) atoms. The SMILES string of the molecule is CC(=O)c1ccc2[nH]c(C)c(C[NH+]3CCCC3)c(=O)c2c1. The number of quaternary nitrogens is 1. The normalized spacial score (nSPS) is 15.7. The summed E-state index contributed by atoms with van der Waals surface area (Å²) in [6, 6.07) is 5.32. The Morgan fingerprint density at radius 1 is 1.29 bits per heavy atom. The molecule has 1 aliphatic heterocycles. The maximum atomic E-state index is 12.8. The number of hydrogen-bond donors (Lipinski definition) is 2. The maximum absolute atomic E-state index is 12.8. The second-order valence-electron chi connectivity index (χ2n) is 6.01. The molecule has 0 radical (unpaired) electrons. The van der Waals surface area contributed by atoms with Gasteiger partial charge in [0.2, 0.25) is 0 Å².